The highest BCUT2D eigenvalue weighted by atomic mass is 16.6. The minimum absolute atomic E-state index is 0.501. The molecule has 1 unspecified atom stereocenters. The molecule has 3 nitrogen and oxygen atoms in total. The van der Waals surface area contributed by atoms with E-state index in [1.54, 1.807) is 0 Å². The van der Waals surface area contributed by atoms with Crippen molar-refractivity contribution in [3.8, 4) is 0 Å². The SMILES string of the molecule is Cn1c2c(c3ccccc31)CN(CC1CO1)CC2. The zero-order valence-electron chi connectivity index (χ0n) is 10.7. The first kappa shape index (κ1) is 10.6. The Morgan fingerprint density at radius 3 is 3.00 bits per heavy atom. The number of benzene rings is 1. The minimum Gasteiger partial charge on any atom is -0.372 e. The topological polar surface area (TPSA) is 20.7 Å². The van der Waals surface area contributed by atoms with Gasteiger partial charge in [0.05, 0.1) is 12.7 Å². The molecule has 1 atom stereocenters. The zero-order valence-corrected chi connectivity index (χ0v) is 10.7. The Balaban J connectivity index is 1.75. The second kappa shape index (κ2) is 3.84. The molecule has 2 aromatic rings. The van der Waals surface area contributed by atoms with Crippen LogP contribution >= 0.6 is 0 Å². The van der Waals surface area contributed by atoms with Crippen molar-refractivity contribution in [1.29, 1.82) is 0 Å². The first-order valence-corrected chi connectivity index (χ1v) is 6.72. The lowest BCUT2D eigenvalue weighted by molar-refractivity contribution is 0.225. The molecule has 0 radical (unpaired) electrons. The maximum Gasteiger partial charge on any atom is 0.0936 e. The molecule has 0 amide bonds. The van der Waals surface area contributed by atoms with Crippen molar-refractivity contribution in [2.45, 2.75) is 19.1 Å². The van der Waals surface area contributed by atoms with Gasteiger partial charge < -0.3 is 9.30 Å². The number of ether oxygens (including phenoxy) is 1. The van der Waals surface area contributed by atoms with E-state index >= 15 is 0 Å². The Kier molecular flexibility index (Phi) is 2.26. The van der Waals surface area contributed by atoms with E-state index in [4.69, 9.17) is 4.74 Å². The number of epoxide rings is 1. The van der Waals surface area contributed by atoms with Crippen LogP contribution in [0.4, 0.5) is 0 Å². The summed E-state index contributed by atoms with van der Waals surface area (Å²) in [4.78, 5) is 2.53. The smallest absolute Gasteiger partial charge is 0.0936 e. The molecule has 0 spiro atoms. The fourth-order valence-electron chi connectivity index (χ4n) is 3.20. The van der Waals surface area contributed by atoms with Crippen LogP contribution in [-0.4, -0.2) is 35.3 Å². The van der Waals surface area contributed by atoms with E-state index < -0.39 is 0 Å². The molecule has 1 aromatic heterocycles. The normalized spacial score (nSPS) is 23.3. The molecule has 2 aliphatic rings. The fourth-order valence-corrected chi connectivity index (χ4v) is 3.20. The molecule has 0 aliphatic carbocycles. The third-order valence-electron chi connectivity index (χ3n) is 4.25. The van der Waals surface area contributed by atoms with Crippen molar-refractivity contribution in [1.82, 2.24) is 9.47 Å². The Morgan fingerprint density at radius 2 is 2.17 bits per heavy atom. The fraction of sp³-hybridized carbons (Fsp3) is 0.467. The van der Waals surface area contributed by atoms with Crippen molar-refractivity contribution in [3.63, 3.8) is 0 Å². The number of hydrogen-bond donors (Lipinski definition) is 0. The summed E-state index contributed by atoms with van der Waals surface area (Å²) < 4.78 is 7.72. The standard InChI is InChI=1S/C15H18N2O/c1-16-14-5-3-2-4-12(14)13-9-17(7-6-15(13)16)8-11-10-18-11/h2-5,11H,6-10H2,1H3. The van der Waals surface area contributed by atoms with Gasteiger partial charge in [0.25, 0.3) is 0 Å². The lowest BCUT2D eigenvalue weighted by Crippen LogP contribution is -2.33. The average molecular weight is 242 g/mol. The van der Waals surface area contributed by atoms with E-state index in [9.17, 15) is 0 Å². The Labute approximate surface area is 107 Å². The van der Waals surface area contributed by atoms with Gasteiger partial charge in [0.2, 0.25) is 0 Å². The highest BCUT2D eigenvalue weighted by Crippen LogP contribution is 2.30. The van der Waals surface area contributed by atoms with Crippen molar-refractivity contribution in [3.05, 3.63) is 35.5 Å². The third-order valence-corrected chi connectivity index (χ3v) is 4.25. The van der Waals surface area contributed by atoms with E-state index in [0.29, 0.717) is 6.10 Å². The van der Waals surface area contributed by atoms with Gasteiger partial charge in [-0.15, -0.1) is 0 Å². The molecule has 2 aliphatic heterocycles. The summed E-state index contributed by atoms with van der Waals surface area (Å²) in [5.41, 5.74) is 4.41. The van der Waals surface area contributed by atoms with Gasteiger partial charge in [0.15, 0.2) is 0 Å². The molecule has 0 N–H and O–H groups in total. The molecule has 0 bridgehead atoms. The molecule has 94 valence electrons. The highest BCUT2D eigenvalue weighted by Gasteiger charge is 2.29. The van der Waals surface area contributed by atoms with E-state index in [-0.39, 0.29) is 0 Å². The molecule has 18 heavy (non-hydrogen) atoms. The van der Waals surface area contributed by atoms with Crippen LogP contribution in [0.25, 0.3) is 10.9 Å². The summed E-state index contributed by atoms with van der Waals surface area (Å²) in [6, 6.07) is 8.75. The molecular formula is C15H18N2O. The van der Waals surface area contributed by atoms with Crippen LogP contribution in [0.15, 0.2) is 24.3 Å². The van der Waals surface area contributed by atoms with Crippen molar-refractivity contribution >= 4 is 10.9 Å². The number of hydrogen-bond acceptors (Lipinski definition) is 2. The van der Waals surface area contributed by atoms with Crippen LogP contribution in [0, 0.1) is 0 Å². The number of fused-ring (bicyclic) bond motifs is 3. The number of rotatable bonds is 2. The van der Waals surface area contributed by atoms with E-state index in [1.807, 2.05) is 0 Å². The van der Waals surface area contributed by atoms with E-state index in [1.165, 1.54) is 22.2 Å². The maximum absolute atomic E-state index is 5.35. The van der Waals surface area contributed by atoms with Crippen LogP contribution in [0.1, 0.15) is 11.3 Å². The molecule has 1 aromatic carbocycles. The Hall–Kier alpha value is -1.32. The van der Waals surface area contributed by atoms with Gasteiger partial charge in [0.1, 0.15) is 0 Å². The minimum atomic E-state index is 0.501. The van der Waals surface area contributed by atoms with Crippen molar-refractivity contribution < 1.29 is 4.74 Å². The summed E-state index contributed by atoms with van der Waals surface area (Å²) in [7, 11) is 2.20. The number of nitrogens with zero attached hydrogens (tertiary/aromatic N) is 2. The van der Waals surface area contributed by atoms with Gasteiger partial charge in [-0.1, -0.05) is 18.2 Å². The Bertz CT molecular complexity index is 598. The zero-order chi connectivity index (χ0) is 12.1. The largest absolute Gasteiger partial charge is 0.372 e. The number of aromatic nitrogens is 1. The number of para-hydroxylation sites is 1. The predicted octanol–water partition coefficient (Wildman–Crippen LogP) is 1.94. The monoisotopic (exact) mass is 242 g/mol. The number of aryl methyl sites for hydroxylation is 1. The van der Waals surface area contributed by atoms with Gasteiger partial charge in [-0.25, -0.2) is 0 Å². The van der Waals surface area contributed by atoms with Crippen LogP contribution in [-0.2, 0) is 24.8 Å². The Morgan fingerprint density at radius 1 is 1.33 bits per heavy atom. The van der Waals surface area contributed by atoms with Crippen LogP contribution in [0.3, 0.4) is 0 Å². The molecule has 3 heterocycles. The van der Waals surface area contributed by atoms with Crippen LogP contribution in [0.2, 0.25) is 0 Å². The second-order valence-electron chi connectivity index (χ2n) is 5.44. The summed E-state index contributed by atoms with van der Waals surface area (Å²) >= 11 is 0. The van der Waals surface area contributed by atoms with Crippen molar-refractivity contribution in [2.24, 2.45) is 7.05 Å². The van der Waals surface area contributed by atoms with E-state index in [2.05, 4.69) is 40.8 Å². The van der Waals surface area contributed by atoms with Gasteiger partial charge in [-0.3, -0.25) is 4.90 Å². The lowest BCUT2D eigenvalue weighted by atomic mass is 10.0. The summed E-state index contributed by atoms with van der Waals surface area (Å²) in [6.45, 7) is 4.30. The summed E-state index contributed by atoms with van der Waals surface area (Å²) in [6.07, 6.45) is 1.66. The van der Waals surface area contributed by atoms with E-state index in [0.717, 1.165) is 32.7 Å². The quantitative estimate of drug-likeness (QED) is 0.750. The van der Waals surface area contributed by atoms with Crippen molar-refractivity contribution in [2.75, 3.05) is 19.7 Å². The van der Waals surface area contributed by atoms with Gasteiger partial charge in [-0.05, 0) is 11.6 Å². The highest BCUT2D eigenvalue weighted by molar-refractivity contribution is 5.85. The molecule has 4 rings (SSSR count). The molecule has 1 saturated heterocycles. The predicted molar refractivity (Wildman–Crippen MR) is 71.6 cm³/mol. The van der Waals surface area contributed by atoms with Gasteiger partial charge in [-0.2, -0.15) is 0 Å². The first-order valence-electron chi connectivity index (χ1n) is 6.72. The molecule has 1 fully saturated rings. The second-order valence-corrected chi connectivity index (χ2v) is 5.44. The lowest BCUT2D eigenvalue weighted by Gasteiger charge is -2.27. The van der Waals surface area contributed by atoms with Gasteiger partial charge in [0, 0.05) is 49.7 Å². The summed E-state index contributed by atoms with van der Waals surface area (Å²) in [5.74, 6) is 0. The first-order chi connectivity index (χ1) is 8.83. The van der Waals surface area contributed by atoms with Crippen LogP contribution in [0.5, 0.6) is 0 Å². The third kappa shape index (κ3) is 1.58. The van der Waals surface area contributed by atoms with Crippen LogP contribution < -0.4 is 0 Å². The maximum atomic E-state index is 5.35. The van der Waals surface area contributed by atoms with Gasteiger partial charge >= 0.3 is 0 Å². The molecule has 3 heteroatoms. The molecule has 0 saturated carbocycles. The summed E-state index contributed by atoms with van der Waals surface area (Å²) in [5, 5.41) is 1.43. The average Bonchev–Trinajstić information content (AvgIpc) is 3.17. The molecular weight excluding hydrogens is 224 g/mol.